The van der Waals surface area contributed by atoms with Crippen LogP contribution in [0.25, 0.3) is 0 Å². The van der Waals surface area contributed by atoms with E-state index in [9.17, 15) is 24.0 Å². The minimum absolute atomic E-state index is 0.0523. The van der Waals surface area contributed by atoms with Crippen LogP contribution in [0.2, 0.25) is 0 Å². The molecule has 0 aromatic heterocycles. The van der Waals surface area contributed by atoms with Gasteiger partial charge in [0.25, 0.3) is 5.91 Å². The highest BCUT2D eigenvalue weighted by Crippen LogP contribution is 2.19. The van der Waals surface area contributed by atoms with Gasteiger partial charge >= 0.3 is 0 Å². The van der Waals surface area contributed by atoms with Gasteiger partial charge in [0, 0.05) is 26.2 Å². The Labute approximate surface area is 240 Å². The second kappa shape index (κ2) is 15.3. The molecule has 0 spiro atoms. The van der Waals surface area contributed by atoms with Gasteiger partial charge in [-0.25, -0.2) is 0 Å². The summed E-state index contributed by atoms with van der Waals surface area (Å²) in [5.41, 5.74) is 0.173. The third kappa shape index (κ3) is 9.71. The van der Waals surface area contributed by atoms with Gasteiger partial charge < -0.3 is 36.1 Å². The normalized spacial score (nSPS) is 25.5. The maximum atomic E-state index is 13.3. The molecule has 1 saturated heterocycles. The molecule has 226 valence electrons. The third-order valence-corrected chi connectivity index (χ3v) is 6.87. The topological polar surface area (TPSA) is 167 Å². The van der Waals surface area contributed by atoms with Crippen LogP contribution in [-0.2, 0) is 23.9 Å². The van der Waals surface area contributed by atoms with Crippen molar-refractivity contribution in [1.29, 1.82) is 0 Å². The van der Waals surface area contributed by atoms with Crippen LogP contribution in [-0.4, -0.2) is 105 Å². The molecule has 13 nitrogen and oxygen atoms in total. The van der Waals surface area contributed by atoms with E-state index in [2.05, 4.69) is 31.5 Å². The van der Waals surface area contributed by atoms with Gasteiger partial charge in [-0.1, -0.05) is 26.0 Å². The number of hydrogen-bond donors (Lipinski definition) is 5. The van der Waals surface area contributed by atoms with Crippen LogP contribution in [0.15, 0.2) is 24.3 Å². The van der Waals surface area contributed by atoms with Gasteiger partial charge in [-0.15, -0.1) is 0 Å². The van der Waals surface area contributed by atoms with Crippen molar-refractivity contribution in [3.8, 4) is 5.75 Å². The third-order valence-electron chi connectivity index (χ3n) is 6.87. The second-order valence-corrected chi connectivity index (χ2v) is 10.7. The predicted octanol–water partition coefficient (Wildman–Crippen LogP) is -0.834. The van der Waals surface area contributed by atoms with Crippen LogP contribution < -0.4 is 31.3 Å². The number of amides is 5. The number of fused-ring (bicyclic) bond motifs is 1. The zero-order chi connectivity index (χ0) is 29.9. The Balaban J connectivity index is 1.81. The molecule has 5 amide bonds. The second-order valence-electron chi connectivity index (χ2n) is 10.7. The first-order chi connectivity index (χ1) is 19.5. The van der Waals surface area contributed by atoms with E-state index in [1.807, 2.05) is 0 Å². The Kier molecular flexibility index (Phi) is 11.9. The zero-order valence-corrected chi connectivity index (χ0v) is 24.2. The maximum absolute atomic E-state index is 13.3. The summed E-state index contributed by atoms with van der Waals surface area (Å²) >= 11 is 0. The molecule has 3 rings (SSSR count). The number of nitrogens with one attached hydrogen (secondary N) is 5. The first kappa shape index (κ1) is 31.8. The standard InChI is InChI=1S/C28H42N6O7/c1-17(2)24-28(39)30-18(3)16-41-22-8-6-5-7-20(22)26(37)32-21(15-23(35)31-19(4)25(36)33-24)27(38)29-9-10-34-11-13-40-14-12-34/h5-8,17-19,21,24H,9-16H2,1-4H3,(H,29,38)(H,30,39)(H,31,35)(H,32,37)(H,33,36)/t18-,19-,21-,24+/m0/s1. The van der Waals surface area contributed by atoms with Crippen LogP contribution in [0.5, 0.6) is 5.75 Å². The lowest BCUT2D eigenvalue weighted by Gasteiger charge is -2.27. The fourth-order valence-corrected chi connectivity index (χ4v) is 4.46. The van der Waals surface area contributed by atoms with Crippen LogP contribution in [0, 0.1) is 5.92 Å². The zero-order valence-electron chi connectivity index (χ0n) is 24.2. The molecule has 0 saturated carbocycles. The minimum atomic E-state index is -1.21. The van der Waals surface area contributed by atoms with E-state index in [4.69, 9.17) is 9.47 Å². The maximum Gasteiger partial charge on any atom is 0.255 e. The quantitative estimate of drug-likeness (QED) is 0.304. The van der Waals surface area contributed by atoms with Gasteiger partial charge in [0.05, 0.1) is 31.2 Å². The number of para-hydroxylation sites is 1. The number of nitrogens with zero attached hydrogens (tertiary/aromatic N) is 1. The van der Waals surface area contributed by atoms with E-state index < -0.39 is 60.1 Å². The van der Waals surface area contributed by atoms with Crippen LogP contribution >= 0.6 is 0 Å². The Bertz CT molecular complexity index is 1090. The highest BCUT2D eigenvalue weighted by atomic mass is 16.5. The minimum Gasteiger partial charge on any atom is -0.491 e. The summed E-state index contributed by atoms with van der Waals surface area (Å²) in [6.07, 6.45) is -0.402. The molecule has 4 atom stereocenters. The first-order valence-corrected chi connectivity index (χ1v) is 14.1. The van der Waals surface area contributed by atoms with Gasteiger partial charge in [-0.3, -0.25) is 28.9 Å². The van der Waals surface area contributed by atoms with Crippen LogP contribution in [0.4, 0.5) is 0 Å². The van der Waals surface area contributed by atoms with Crippen molar-refractivity contribution in [2.45, 2.75) is 58.3 Å². The summed E-state index contributed by atoms with van der Waals surface area (Å²) in [4.78, 5) is 67.4. The predicted molar refractivity (Wildman–Crippen MR) is 150 cm³/mol. The highest BCUT2D eigenvalue weighted by molar-refractivity contribution is 6.01. The monoisotopic (exact) mass is 574 g/mol. The molecule has 1 fully saturated rings. The summed E-state index contributed by atoms with van der Waals surface area (Å²) in [7, 11) is 0. The van der Waals surface area contributed by atoms with E-state index >= 15 is 0 Å². The molecule has 0 aliphatic carbocycles. The Morgan fingerprint density at radius 3 is 2.41 bits per heavy atom. The van der Waals surface area contributed by atoms with Crippen molar-refractivity contribution in [1.82, 2.24) is 31.5 Å². The fourth-order valence-electron chi connectivity index (χ4n) is 4.46. The van der Waals surface area contributed by atoms with E-state index in [-0.39, 0.29) is 23.8 Å². The summed E-state index contributed by atoms with van der Waals surface area (Å²) < 4.78 is 11.2. The molecular formula is C28H42N6O7. The molecule has 13 heteroatoms. The molecule has 1 aromatic rings. The molecule has 1 aromatic carbocycles. The number of benzene rings is 1. The van der Waals surface area contributed by atoms with E-state index in [1.165, 1.54) is 6.92 Å². The molecule has 41 heavy (non-hydrogen) atoms. The lowest BCUT2D eigenvalue weighted by Crippen LogP contribution is -2.56. The molecule has 5 N–H and O–H groups in total. The van der Waals surface area contributed by atoms with Crippen LogP contribution in [0.3, 0.4) is 0 Å². The fraction of sp³-hybridized carbons (Fsp3) is 0.607. The van der Waals surface area contributed by atoms with Crippen molar-refractivity contribution in [2.75, 3.05) is 46.0 Å². The summed E-state index contributed by atoms with van der Waals surface area (Å²) in [6.45, 7) is 10.6. The largest absolute Gasteiger partial charge is 0.491 e. The SMILES string of the molecule is CC(C)[C@H]1NC(=O)[C@H](C)NC(=O)C[C@@H](C(=O)NCCN2CCOCC2)NC(=O)c2ccccc2OC[C@H](C)NC1=O. The number of ether oxygens (including phenoxy) is 2. The average molecular weight is 575 g/mol. The van der Waals surface area contributed by atoms with Gasteiger partial charge in [0.1, 0.15) is 30.5 Å². The Hall–Kier alpha value is -3.71. The number of rotatable bonds is 5. The number of carbonyl (C=O) groups excluding carboxylic acids is 5. The number of hydrogen-bond acceptors (Lipinski definition) is 8. The average Bonchev–Trinajstić information content (AvgIpc) is 2.94. The van der Waals surface area contributed by atoms with Gasteiger partial charge in [-0.2, -0.15) is 0 Å². The Morgan fingerprint density at radius 1 is 1.00 bits per heavy atom. The molecule has 2 heterocycles. The molecule has 0 unspecified atom stereocenters. The summed E-state index contributed by atoms with van der Waals surface area (Å²) in [6, 6.07) is 3.02. The smallest absolute Gasteiger partial charge is 0.255 e. The van der Waals surface area contributed by atoms with Crippen molar-refractivity contribution in [3.63, 3.8) is 0 Å². The number of morpholine rings is 1. The first-order valence-electron chi connectivity index (χ1n) is 14.1. The van der Waals surface area contributed by atoms with Crippen molar-refractivity contribution in [2.24, 2.45) is 5.92 Å². The molecule has 2 aliphatic heterocycles. The van der Waals surface area contributed by atoms with Gasteiger partial charge in [0.15, 0.2) is 0 Å². The summed E-state index contributed by atoms with van der Waals surface area (Å²) in [5, 5.41) is 13.6. The molecular weight excluding hydrogens is 532 g/mol. The molecule has 0 radical (unpaired) electrons. The van der Waals surface area contributed by atoms with E-state index in [1.54, 1.807) is 45.0 Å². The van der Waals surface area contributed by atoms with Gasteiger partial charge in [0.2, 0.25) is 23.6 Å². The molecule has 0 bridgehead atoms. The van der Waals surface area contributed by atoms with Crippen LogP contribution in [0.1, 0.15) is 44.5 Å². The number of carbonyl (C=O) groups is 5. The van der Waals surface area contributed by atoms with E-state index in [0.29, 0.717) is 26.3 Å². The van der Waals surface area contributed by atoms with Crippen molar-refractivity contribution >= 4 is 29.5 Å². The van der Waals surface area contributed by atoms with Crippen molar-refractivity contribution in [3.05, 3.63) is 29.8 Å². The lowest BCUT2D eigenvalue weighted by molar-refractivity contribution is -0.133. The lowest BCUT2D eigenvalue weighted by atomic mass is 10.0. The van der Waals surface area contributed by atoms with E-state index in [0.717, 1.165) is 13.1 Å². The Morgan fingerprint density at radius 2 is 1.71 bits per heavy atom. The van der Waals surface area contributed by atoms with Crippen molar-refractivity contribution < 1.29 is 33.4 Å². The van der Waals surface area contributed by atoms with Gasteiger partial charge in [-0.05, 0) is 31.9 Å². The molecule has 2 aliphatic rings. The summed E-state index contributed by atoms with van der Waals surface area (Å²) in [5.74, 6) is -2.67. The highest BCUT2D eigenvalue weighted by Gasteiger charge is 2.30.